The largest absolute Gasteiger partial charge is 0.496 e. The lowest BCUT2D eigenvalue weighted by atomic mass is 10.00. The maximum atomic E-state index is 10.6. The number of hydrogen-bond acceptors (Lipinski definition) is 4. The molecule has 6 nitrogen and oxygen atoms in total. The van der Waals surface area contributed by atoms with E-state index in [4.69, 9.17) is 4.74 Å². The van der Waals surface area contributed by atoms with Crippen LogP contribution < -0.4 is 15.4 Å². The number of fused-ring (bicyclic) bond motifs is 1. The van der Waals surface area contributed by atoms with E-state index in [1.807, 2.05) is 19.1 Å². The van der Waals surface area contributed by atoms with Gasteiger partial charge in [0.2, 0.25) is 0 Å². The molecule has 1 heterocycles. The predicted molar refractivity (Wildman–Crippen MR) is 142 cm³/mol. The molecule has 0 radical (unpaired) electrons. The number of aryl methyl sites for hydroxylation is 1. The van der Waals surface area contributed by atoms with E-state index in [0.29, 0.717) is 19.0 Å². The number of hydrogen-bond donors (Lipinski definition) is 3. The lowest BCUT2D eigenvalue weighted by molar-refractivity contribution is 0.111. The van der Waals surface area contributed by atoms with Crippen molar-refractivity contribution in [2.24, 2.45) is 4.99 Å². The topological polar surface area (TPSA) is 69.1 Å². The first-order chi connectivity index (χ1) is 15.0. The Balaban J connectivity index is 0.00000363. The van der Waals surface area contributed by atoms with Gasteiger partial charge in [0, 0.05) is 31.7 Å². The summed E-state index contributed by atoms with van der Waals surface area (Å²) in [6.45, 7) is 9.79. The molecule has 7 heteroatoms. The molecule has 0 saturated heterocycles. The molecule has 3 rings (SSSR count). The number of halogens is 1. The van der Waals surface area contributed by atoms with Crippen molar-refractivity contribution in [2.75, 3.05) is 33.3 Å². The number of nitrogens with zero attached hydrogens (tertiary/aromatic N) is 2. The van der Waals surface area contributed by atoms with E-state index in [1.165, 1.54) is 16.7 Å². The van der Waals surface area contributed by atoms with Crippen molar-refractivity contribution >= 4 is 29.9 Å². The molecule has 2 aromatic carbocycles. The van der Waals surface area contributed by atoms with Gasteiger partial charge in [0.25, 0.3) is 0 Å². The summed E-state index contributed by atoms with van der Waals surface area (Å²) < 4.78 is 5.52. The summed E-state index contributed by atoms with van der Waals surface area (Å²) in [4.78, 5) is 6.95. The zero-order valence-corrected chi connectivity index (χ0v) is 21.9. The standard InChI is InChI=1S/C25H36N4O2.HI/c1-5-26-25(28-19(3)23-14-18(2)10-11-24(23)31-4)27-15-22(30)17-29-13-12-20-8-6-7-9-21(20)16-29;/h6-11,14,19,22,30H,5,12-13,15-17H2,1-4H3,(H2,26,27,28);1H. The Bertz CT molecular complexity index is 890. The second-order valence-corrected chi connectivity index (χ2v) is 8.24. The lowest BCUT2D eigenvalue weighted by Crippen LogP contribution is -2.41. The van der Waals surface area contributed by atoms with Gasteiger partial charge in [-0.3, -0.25) is 9.89 Å². The van der Waals surface area contributed by atoms with Crippen LogP contribution in [0.5, 0.6) is 5.75 Å². The van der Waals surface area contributed by atoms with Crippen LogP contribution in [-0.2, 0) is 13.0 Å². The van der Waals surface area contributed by atoms with Crippen molar-refractivity contribution in [1.82, 2.24) is 15.5 Å². The van der Waals surface area contributed by atoms with Gasteiger partial charge in [-0.25, -0.2) is 0 Å². The van der Waals surface area contributed by atoms with Crippen molar-refractivity contribution in [1.29, 1.82) is 0 Å². The molecule has 176 valence electrons. The molecule has 0 saturated carbocycles. The molecule has 1 aliphatic heterocycles. The molecule has 0 aliphatic carbocycles. The van der Waals surface area contributed by atoms with E-state index in [1.54, 1.807) is 7.11 Å². The minimum atomic E-state index is -0.510. The second-order valence-electron chi connectivity index (χ2n) is 8.24. The molecule has 2 atom stereocenters. The van der Waals surface area contributed by atoms with Crippen molar-refractivity contribution in [3.05, 3.63) is 64.7 Å². The molecule has 2 unspecified atom stereocenters. The summed E-state index contributed by atoms with van der Waals surface area (Å²) in [5.74, 6) is 1.55. The molecule has 0 bridgehead atoms. The van der Waals surface area contributed by atoms with Crippen molar-refractivity contribution in [3.8, 4) is 5.75 Å². The number of benzene rings is 2. The fourth-order valence-electron chi connectivity index (χ4n) is 4.06. The summed E-state index contributed by atoms with van der Waals surface area (Å²) >= 11 is 0. The maximum Gasteiger partial charge on any atom is 0.191 e. The first-order valence-electron chi connectivity index (χ1n) is 11.2. The van der Waals surface area contributed by atoms with E-state index in [0.717, 1.165) is 37.4 Å². The average molecular weight is 553 g/mol. The highest BCUT2D eigenvalue weighted by atomic mass is 127. The summed E-state index contributed by atoms with van der Waals surface area (Å²) in [6.07, 6.45) is 0.524. The summed E-state index contributed by atoms with van der Waals surface area (Å²) in [7, 11) is 1.69. The van der Waals surface area contributed by atoms with E-state index >= 15 is 0 Å². The van der Waals surface area contributed by atoms with Crippen LogP contribution in [0.15, 0.2) is 47.5 Å². The van der Waals surface area contributed by atoms with Crippen LogP contribution in [0.1, 0.15) is 42.1 Å². The normalized spacial score (nSPS) is 15.8. The van der Waals surface area contributed by atoms with E-state index in [2.05, 4.69) is 64.7 Å². The number of methoxy groups -OCH3 is 1. The average Bonchev–Trinajstić information content (AvgIpc) is 2.77. The number of aliphatic imine (C=N–C) groups is 1. The molecular weight excluding hydrogens is 515 g/mol. The van der Waals surface area contributed by atoms with Crippen LogP contribution in [0.2, 0.25) is 0 Å². The Kier molecular flexibility index (Phi) is 10.7. The minimum absolute atomic E-state index is 0. The number of aliphatic hydroxyl groups excluding tert-OH is 1. The zero-order chi connectivity index (χ0) is 22.2. The van der Waals surface area contributed by atoms with Crippen LogP contribution in [0.3, 0.4) is 0 Å². The number of nitrogens with one attached hydrogen (secondary N) is 2. The van der Waals surface area contributed by atoms with Crippen LogP contribution >= 0.6 is 24.0 Å². The van der Waals surface area contributed by atoms with Gasteiger partial charge in [-0.05, 0) is 44.4 Å². The van der Waals surface area contributed by atoms with Gasteiger partial charge in [-0.15, -0.1) is 24.0 Å². The fourth-order valence-corrected chi connectivity index (χ4v) is 4.06. The van der Waals surface area contributed by atoms with Gasteiger partial charge < -0.3 is 20.5 Å². The highest BCUT2D eigenvalue weighted by molar-refractivity contribution is 14.0. The highest BCUT2D eigenvalue weighted by Crippen LogP contribution is 2.26. The number of ether oxygens (including phenoxy) is 1. The summed E-state index contributed by atoms with van der Waals surface area (Å²) in [5.41, 5.74) is 5.05. The summed E-state index contributed by atoms with van der Waals surface area (Å²) in [5, 5.41) is 17.3. The van der Waals surface area contributed by atoms with Crippen molar-refractivity contribution < 1.29 is 9.84 Å². The molecule has 1 aliphatic rings. The van der Waals surface area contributed by atoms with Gasteiger partial charge >= 0.3 is 0 Å². The first kappa shape index (κ1) is 26.4. The SMILES string of the molecule is CCNC(=NCC(O)CN1CCc2ccccc2C1)NC(C)c1cc(C)ccc1OC.I. The Labute approximate surface area is 209 Å². The van der Waals surface area contributed by atoms with Gasteiger partial charge in [0.15, 0.2) is 5.96 Å². The third-order valence-corrected chi connectivity index (χ3v) is 5.69. The van der Waals surface area contributed by atoms with Crippen molar-refractivity contribution in [2.45, 2.75) is 45.9 Å². The van der Waals surface area contributed by atoms with Gasteiger partial charge in [-0.1, -0.05) is 42.0 Å². The zero-order valence-electron chi connectivity index (χ0n) is 19.6. The van der Waals surface area contributed by atoms with Crippen LogP contribution in [0.4, 0.5) is 0 Å². The summed E-state index contributed by atoms with van der Waals surface area (Å²) in [6, 6.07) is 14.7. The molecule has 32 heavy (non-hydrogen) atoms. The predicted octanol–water partition coefficient (Wildman–Crippen LogP) is 3.66. The lowest BCUT2D eigenvalue weighted by Gasteiger charge is -2.30. The third-order valence-electron chi connectivity index (χ3n) is 5.69. The molecular formula is C25H37IN4O2. The molecule has 0 amide bonds. The number of aliphatic hydroxyl groups is 1. The van der Waals surface area contributed by atoms with Gasteiger partial charge in [0.1, 0.15) is 5.75 Å². The van der Waals surface area contributed by atoms with Crippen LogP contribution in [0.25, 0.3) is 0 Å². The van der Waals surface area contributed by atoms with Gasteiger partial charge in [-0.2, -0.15) is 0 Å². The molecule has 0 spiro atoms. The van der Waals surface area contributed by atoms with Gasteiger partial charge in [0.05, 0.1) is 25.8 Å². The quantitative estimate of drug-likeness (QED) is 0.265. The Morgan fingerprint density at radius 3 is 2.69 bits per heavy atom. The Morgan fingerprint density at radius 2 is 1.97 bits per heavy atom. The number of guanidine groups is 1. The highest BCUT2D eigenvalue weighted by Gasteiger charge is 2.19. The van der Waals surface area contributed by atoms with Crippen LogP contribution in [0, 0.1) is 6.92 Å². The third kappa shape index (κ3) is 7.35. The van der Waals surface area contributed by atoms with E-state index in [-0.39, 0.29) is 30.0 Å². The smallest absolute Gasteiger partial charge is 0.191 e. The van der Waals surface area contributed by atoms with Crippen LogP contribution in [-0.4, -0.2) is 55.4 Å². The molecule has 2 aromatic rings. The Hall–Kier alpha value is -1.84. The molecule has 0 fully saturated rings. The van der Waals surface area contributed by atoms with E-state index in [9.17, 15) is 5.11 Å². The van der Waals surface area contributed by atoms with Crippen molar-refractivity contribution in [3.63, 3.8) is 0 Å². The number of rotatable bonds is 8. The first-order valence-corrected chi connectivity index (χ1v) is 11.2. The number of β-amino-alcohol motifs (C(OH)–C–C–N with tert-alkyl or cyclic N) is 1. The second kappa shape index (κ2) is 13.0. The molecule has 3 N–H and O–H groups in total. The Morgan fingerprint density at radius 1 is 1.22 bits per heavy atom. The molecule has 0 aromatic heterocycles. The minimum Gasteiger partial charge on any atom is -0.496 e. The fraction of sp³-hybridized carbons (Fsp3) is 0.480. The monoisotopic (exact) mass is 552 g/mol. The maximum absolute atomic E-state index is 10.6. The van der Waals surface area contributed by atoms with E-state index < -0.39 is 6.10 Å².